The van der Waals surface area contributed by atoms with Gasteiger partial charge in [-0.2, -0.15) is 0 Å². The summed E-state index contributed by atoms with van der Waals surface area (Å²) in [4.78, 5) is 0. The summed E-state index contributed by atoms with van der Waals surface area (Å²) < 4.78 is 1.82. The molecule has 0 radical (unpaired) electrons. The zero-order valence-corrected chi connectivity index (χ0v) is 10.3. The molecule has 0 saturated carbocycles. The summed E-state index contributed by atoms with van der Waals surface area (Å²) in [6, 6.07) is 8.02. The predicted molar refractivity (Wildman–Crippen MR) is 69.0 cm³/mol. The van der Waals surface area contributed by atoms with Crippen molar-refractivity contribution in [1.29, 1.82) is 0 Å². The monoisotopic (exact) mass is 230 g/mol. The molecular weight excluding hydrogens is 212 g/mol. The number of hydrogen-bond acceptors (Lipinski definition) is 2. The first-order chi connectivity index (χ1) is 8.22. The molecule has 0 bridgehead atoms. The van der Waals surface area contributed by atoms with E-state index in [0.717, 1.165) is 36.1 Å². The zero-order valence-electron chi connectivity index (χ0n) is 10.3. The fraction of sp³-hybridized carbons (Fsp3) is 0.357. The first-order valence-corrected chi connectivity index (χ1v) is 6.04. The highest BCUT2D eigenvalue weighted by Gasteiger charge is 2.11. The fourth-order valence-electron chi connectivity index (χ4n) is 1.91. The van der Waals surface area contributed by atoms with Gasteiger partial charge >= 0.3 is 0 Å². The van der Waals surface area contributed by atoms with E-state index in [4.69, 9.17) is 0 Å². The van der Waals surface area contributed by atoms with E-state index < -0.39 is 0 Å². The minimum atomic E-state index is 0.121. The smallest absolute Gasteiger partial charge is 0.238 e. The fourth-order valence-corrected chi connectivity index (χ4v) is 1.91. The molecular formula is C14H18N2O. The number of hydrogen-bond donors (Lipinski definition) is 1. The molecule has 0 amide bonds. The number of rotatable bonds is 4. The third-order valence-corrected chi connectivity index (χ3v) is 2.92. The van der Waals surface area contributed by atoms with Gasteiger partial charge in [-0.25, -0.2) is 0 Å². The maximum Gasteiger partial charge on any atom is 0.238 e. The van der Waals surface area contributed by atoms with Gasteiger partial charge < -0.3 is 5.11 Å². The van der Waals surface area contributed by atoms with Crippen LogP contribution < -0.4 is 0 Å². The van der Waals surface area contributed by atoms with Crippen LogP contribution in [-0.4, -0.2) is 14.9 Å². The molecule has 0 unspecified atom stereocenters. The molecule has 3 nitrogen and oxygen atoms in total. The van der Waals surface area contributed by atoms with Crippen LogP contribution in [0.5, 0.6) is 5.88 Å². The van der Waals surface area contributed by atoms with E-state index in [0.29, 0.717) is 0 Å². The molecule has 0 aliphatic rings. The van der Waals surface area contributed by atoms with E-state index in [2.05, 4.69) is 12.0 Å². The highest BCUT2D eigenvalue weighted by atomic mass is 16.3. The minimum absolute atomic E-state index is 0.121. The summed E-state index contributed by atoms with van der Waals surface area (Å²) in [7, 11) is 0. The number of aromatic nitrogens is 2. The van der Waals surface area contributed by atoms with Crippen molar-refractivity contribution in [3.63, 3.8) is 0 Å². The Kier molecular flexibility index (Phi) is 3.47. The highest BCUT2D eigenvalue weighted by molar-refractivity contribution is 5.70. The van der Waals surface area contributed by atoms with E-state index in [1.54, 1.807) is 0 Å². The predicted octanol–water partition coefficient (Wildman–Crippen LogP) is 3.36. The Labute approximate surface area is 102 Å². The van der Waals surface area contributed by atoms with Gasteiger partial charge in [0.25, 0.3) is 0 Å². The SMILES string of the molecule is CCCCn1cc(-c2ccccc2C)c(O)n1. The number of benzene rings is 1. The van der Waals surface area contributed by atoms with Gasteiger partial charge in [-0.05, 0) is 24.5 Å². The second-order valence-electron chi connectivity index (χ2n) is 4.30. The lowest BCUT2D eigenvalue weighted by Crippen LogP contribution is -1.97. The number of aromatic hydroxyl groups is 1. The number of unbranched alkanes of at least 4 members (excludes halogenated alkanes) is 1. The van der Waals surface area contributed by atoms with Crippen LogP contribution in [0, 0.1) is 6.92 Å². The van der Waals surface area contributed by atoms with Crippen LogP contribution in [0.3, 0.4) is 0 Å². The lowest BCUT2D eigenvalue weighted by Gasteiger charge is -2.02. The van der Waals surface area contributed by atoms with Gasteiger partial charge in [0.1, 0.15) is 0 Å². The van der Waals surface area contributed by atoms with Crippen molar-refractivity contribution in [2.24, 2.45) is 0 Å². The Hall–Kier alpha value is -1.77. The molecule has 0 fully saturated rings. The first kappa shape index (κ1) is 11.7. The Morgan fingerprint density at radius 3 is 2.71 bits per heavy atom. The molecule has 3 heteroatoms. The number of nitrogens with zero attached hydrogens (tertiary/aromatic N) is 2. The maximum absolute atomic E-state index is 9.88. The quantitative estimate of drug-likeness (QED) is 0.874. The highest BCUT2D eigenvalue weighted by Crippen LogP contribution is 2.30. The zero-order chi connectivity index (χ0) is 12.3. The molecule has 0 saturated heterocycles. The molecule has 1 heterocycles. The molecule has 0 aliphatic carbocycles. The largest absolute Gasteiger partial charge is 0.492 e. The lowest BCUT2D eigenvalue weighted by molar-refractivity contribution is 0.435. The summed E-state index contributed by atoms with van der Waals surface area (Å²) >= 11 is 0. The second-order valence-corrected chi connectivity index (χ2v) is 4.30. The Morgan fingerprint density at radius 2 is 2.00 bits per heavy atom. The van der Waals surface area contributed by atoms with Crippen LogP contribution in [0.15, 0.2) is 30.5 Å². The molecule has 0 aliphatic heterocycles. The minimum Gasteiger partial charge on any atom is -0.492 e. The van der Waals surface area contributed by atoms with Gasteiger partial charge in [-0.3, -0.25) is 4.68 Å². The normalized spacial score (nSPS) is 10.7. The Bertz CT molecular complexity index is 503. The van der Waals surface area contributed by atoms with Crippen molar-refractivity contribution >= 4 is 0 Å². The van der Waals surface area contributed by atoms with Gasteiger partial charge in [0.15, 0.2) is 0 Å². The summed E-state index contributed by atoms with van der Waals surface area (Å²) in [6.45, 7) is 5.04. The van der Waals surface area contributed by atoms with Crippen LogP contribution in [0.25, 0.3) is 11.1 Å². The Morgan fingerprint density at radius 1 is 1.24 bits per heavy atom. The molecule has 2 aromatic rings. The second kappa shape index (κ2) is 5.04. The van der Waals surface area contributed by atoms with E-state index >= 15 is 0 Å². The van der Waals surface area contributed by atoms with Crippen molar-refractivity contribution < 1.29 is 5.11 Å². The molecule has 1 aromatic carbocycles. The summed E-state index contributed by atoms with van der Waals surface area (Å²) in [5.74, 6) is 0.121. The van der Waals surface area contributed by atoms with E-state index in [1.165, 1.54) is 0 Å². The van der Waals surface area contributed by atoms with Crippen molar-refractivity contribution in [3.8, 4) is 17.0 Å². The van der Waals surface area contributed by atoms with Gasteiger partial charge in [0.05, 0.1) is 5.56 Å². The third-order valence-electron chi connectivity index (χ3n) is 2.92. The number of aryl methyl sites for hydroxylation is 2. The molecule has 0 spiro atoms. The molecule has 2 rings (SSSR count). The van der Waals surface area contributed by atoms with Crippen LogP contribution in [-0.2, 0) is 6.54 Å². The first-order valence-electron chi connectivity index (χ1n) is 6.04. The van der Waals surface area contributed by atoms with Crippen molar-refractivity contribution in [2.75, 3.05) is 0 Å². The summed E-state index contributed by atoms with van der Waals surface area (Å²) in [5, 5.41) is 14.0. The van der Waals surface area contributed by atoms with Gasteiger partial charge in [0, 0.05) is 12.7 Å². The molecule has 1 N–H and O–H groups in total. The van der Waals surface area contributed by atoms with Crippen LogP contribution in [0.1, 0.15) is 25.3 Å². The van der Waals surface area contributed by atoms with E-state index in [1.807, 2.05) is 42.1 Å². The summed E-state index contributed by atoms with van der Waals surface area (Å²) in [5.41, 5.74) is 3.02. The third kappa shape index (κ3) is 2.49. The topological polar surface area (TPSA) is 38.0 Å². The van der Waals surface area contributed by atoms with E-state index in [9.17, 15) is 5.11 Å². The van der Waals surface area contributed by atoms with Crippen molar-refractivity contribution in [1.82, 2.24) is 9.78 Å². The van der Waals surface area contributed by atoms with Crippen molar-refractivity contribution in [3.05, 3.63) is 36.0 Å². The van der Waals surface area contributed by atoms with Crippen LogP contribution in [0.2, 0.25) is 0 Å². The van der Waals surface area contributed by atoms with E-state index in [-0.39, 0.29) is 5.88 Å². The van der Waals surface area contributed by atoms with Crippen LogP contribution in [0.4, 0.5) is 0 Å². The molecule has 90 valence electrons. The molecule has 17 heavy (non-hydrogen) atoms. The lowest BCUT2D eigenvalue weighted by atomic mass is 10.0. The molecule has 0 atom stereocenters. The maximum atomic E-state index is 9.88. The average molecular weight is 230 g/mol. The van der Waals surface area contributed by atoms with Crippen molar-refractivity contribution in [2.45, 2.75) is 33.2 Å². The standard InChI is InChI=1S/C14H18N2O/c1-3-4-9-16-10-13(14(17)15-16)12-8-6-5-7-11(12)2/h5-8,10H,3-4,9H2,1-2H3,(H,15,17). The summed E-state index contributed by atoms with van der Waals surface area (Å²) in [6.07, 6.45) is 4.13. The van der Waals surface area contributed by atoms with Crippen LogP contribution >= 0.6 is 0 Å². The van der Waals surface area contributed by atoms with Gasteiger partial charge in [0.2, 0.25) is 5.88 Å². The van der Waals surface area contributed by atoms with Gasteiger partial charge in [-0.15, -0.1) is 5.10 Å². The Balaban J connectivity index is 2.33. The van der Waals surface area contributed by atoms with Gasteiger partial charge in [-0.1, -0.05) is 37.6 Å². The molecule has 1 aromatic heterocycles. The average Bonchev–Trinajstić information content (AvgIpc) is 2.68.